The van der Waals surface area contributed by atoms with Crippen LogP contribution in [-0.4, -0.2) is 29.5 Å². The maximum Gasteiger partial charge on any atom is 0.191 e. The minimum Gasteiger partial charge on any atom is -0.302 e. The van der Waals surface area contributed by atoms with Crippen LogP contribution in [-0.2, 0) is 19.3 Å². The summed E-state index contributed by atoms with van der Waals surface area (Å²) in [5, 5.41) is 14.6. The molecule has 0 unspecified atom stereocenters. The maximum absolute atomic E-state index is 6.02. The maximum atomic E-state index is 6.02. The topological polar surface area (TPSA) is 61.4 Å². The van der Waals surface area contributed by atoms with Gasteiger partial charge in [0.2, 0.25) is 0 Å². The van der Waals surface area contributed by atoms with Crippen LogP contribution in [0.1, 0.15) is 38.4 Å². The molecule has 0 N–H and O–H groups in total. The van der Waals surface area contributed by atoms with E-state index in [1.165, 1.54) is 19.3 Å². The van der Waals surface area contributed by atoms with Gasteiger partial charge >= 0.3 is 0 Å². The minimum absolute atomic E-state index is 0.713. The lowest BCUT2D eigenvalue weighted by Gasteiger charge is -2.10. The highest BCUT2D eigenvalue weighted by Crippen LogP contribution is 2.27. The molecular weight excluding hydrogens is 368 g/mol. The van der Waals surface area contributed by atoms with Gasteiger partial charge in [-0.25, -0.2) is 4.98 Å². The number of nitrogens with zero attached hydrogens (tertiary/aromatic N) is 6. The summed E-state index contributed by atoms with van der Waals surface area (Å²) in [5.41, 5.74) is 1.03. The van der Waals surface area contributed by atoms with Crippen LogP contribution < -0.4 is 0 Å². The normalized spacial score (nSPS) is 11.2. The van der Waals surface area contributed by atoms with Crippen molar-refractivity contribution < 1.29 is 0 Å². The van der Waals surface area contributed by atoms with Gasteiger partial charge in [-0.3, -0.25) is 4.68 Å². The fourth-order valence-electron chi connectivity index (χ4n) is 2.69. The molecule has 138 valence electrons. The number of aryl methyl sites for hydroxylation is 1. The quantitative estimate of drug-likeness (QED) is 0.394. The lowest BCUT2D eigenvalue weighted by Crippen LogP contribution is -2.04. The molecule has 0 amide bonds. The number of hydrogen-bond donors (Lipinski definition) is 0. The number of rotatable bonds is 9. The molecule has 0 atom stereocenters. The Balaban J connectivity index is 1.80. The summed E-state index contributed by atoms with van der Waals surface area (Å²) in [6.07, 6.45) is 6.37. The first-order valence-corrected chi connectivity index (χ1v) is 10.2. The fourth-order valence-corrected chi connectivity index (χ4v) is 3.76. The first kappa shape index (κ1) is 18.9. The highest BCUT2D eigenvalue weighted by Gasteiger charge is 2.15. The standard InChI is InChI=1S/C18H23ClN6S/c1-3-4-5-6-11-25-17(14-7-9-15(19)10-8-14)22-23-18(25)26-12-16-20-13-21-24(16)2/h7-10,13H,3-6,11-12H2,1-2H3. The molecule has 3 rings (SSSR count). The number of hydrogen-bond acceptors (Lipinski definition) is 5. The summed E-state index contributed by atoms with van der Waals surface area (Å²) in [7, 11) is 1.90. The molecule has 0 saturated carbocycles. The summed E-state index contributed by atoms with van der Waals surface area (Å²) in [5.74, 6) is 2.52. The van der Waals surface area contributed by atoms with E-state index in [9.17, 15) is 0 Å². The first-order valence-electron chi connectivity index (χ1n) is 8.84. The van der Waals surface area contributed by atoms with Crippen LogP contribution in [0.5, 0.6) is 0 Å². The molecule has 0 radical (unpaired) electrons. The SMILES string of the molecule is CCCCCCn1c(SCc2ncnn2C)nnc1-c1ccc(Cl)cc1. The predicted molar refractivity (Wildman–Crippen MR) is 105 cm³/mol. The Morgan fingerprint density at radius 2 is 1.88 bits per heavy atom. The molecule has 2 heterocycles. The molecule has 0 aliphatic rings. The third-order valence-corrected chi connectivity index (χ3v) is 5.40. The molecular formula is C18H23ClN6S. The molecule has 0 bridgehead atoms. The lowest BCUT2D eigenvalue weighted by molar-refractivity contribution is 0.556. The van der Waals surface area contributed by atoms with E-state index in [0.29, 0.717) is 5.75 Å². The molecule has 3 aromatic rings. The second-order valence-corrected chi connectivity index (χ2v) is 7.49. The van der Waals surface area contributed by atoms with Crippen molar-refractivity contribution in [2.24, 2.45) is 7.05 Å². The van der Waals surface area contributed by atoms with E-state index in [0.717, 1.165) is 40.4 Å². The zero-order chi connectivity index (χ0) is 18.4. The van der Waals surface area contributed by atoms with Gasteiger partial charge in [-0.05, 0) is 30.7 Å². The molecule has 26 heavy (non-hydrogen) atoms. The molecule has 2 aromatic heterocycles. The van der Waals surface area contributed by atoms with Gasteiger partial charge in [0.15, 0.2) is 11.0 Å². The van der Waals surface area contributed by atoms with E-state index in [4.69, 9.17) is 11.6 Å². The highest BCUT2D eigenvalue weighted by atomic mass is 35.5. The average Bonchev–Trinajstić information content (AvgIpc) is 3.23. The average molecular weight is 391 g/mol. The van der Waals surface area contributed by atoms with Gasteiger partial charge < -0.3 is 4.57 Å². The van der Waals surface area contributed by atoms with Gasteiger partial charge in [0.25, 0.3) is 0 Å². The van der Waals surface area contributed by atoms with Gasteiger partial charge in [-0.15, -0.1) is 10.2 Å². The molecule has 0 saturated heterocycles. The van der Waals surface area contributed by atoms with Gasteiger partial charge in [0, 0.05) is 24.2 Å². The van der Waals surface area contributed by atoms with E-state index in [1.54, 1.807) is 22.8 Å². The Hall–Kier alpha value is -1.86. The van der Waals surface area contributed by atoms with Crippen molar-refractivity contribution in [1.29, 1.82) is 0 Å². The second kappa shape index (κ2) is 9.19. The number of aromatic nitrogens is 6. The van der Waals surface area contributed by atoms with Crippen LogP contribution >= 0.6 is 23.4 Å². The lowest BCUT2D eigenvalue weighted by atomic mass is 10.2. The highest BCUT2D eigenvalue weighted by molar-refractivity contribution is 7.98. The van der Waals surface area contributed by atoms with Crippen LogP contribution in [0.15, 0.2) is 35.7 Å². The van der Waals surface area contributed by atoms with Gasteiger partial charge in [0.05, 0.1) is 5.75 Å². The molecule has 0 fully saturated rings. The number of halogens is 1. The Bertz CT molecular complexity index is 827. The summed E-state index contributed by atoms with van der Waals surface area (Å²) < 4.78 is 4.00. The van der Waals surface area contributed by atoms with Crippen molar-refractivity contribution in [3.63, 3.8) is 0 Å². The first-order chi connectivity index (χ1) is 12.7. The van der Waals surface area contributed by atoms with Crippen molar-refractivity contribution in [3.05, 3.63) is 41.4 Å². The minimum atomic E-state index is 0.713. The predicted octanol–water partition coefficient (Wildman–Crippen LogP) is 4.60. The third kappa shape index (κ3) is 4.65. The van der Waals surface area contributed by atoms with Gasteiger partial charge in [-0.2, -0.15) is 5.10 Å². The van der Waals surface area contributed by atoms with Crippen LogP contribution in [0, 0.1) is 0 Å². The monoisotopic (exact) mass is 390 g/mol. The van der Waals surface area contributed by atoms with Crippen molar-refractivity contribution in [1.82, 2.24) is 29.5 Å². The second-order valence-electron chi connectivity index (χ2n) is 6.11. The van der Waals surface area contributed by atoms with Crippen LogP contribution in [0.25, 0.3) is 11.4 Å². The Morgan fingerprint density at radius 3 is 2.58 bits per heavy atom. The van der Waals surface area contributed by atoms with E-state index in [2.05, 4.69) is 31.8 Å². The van der Waals surface area contributed by atoms with Crippen molar-refractivity contribution in [2.75, 3.05) is 0 Å². The Kier molecular flexibility index (Phi) is 6.68. The molecule has 8 heteroatoms. The molecule has 6 nitrogen and oxygen atoms in total. The zero-order valence-electron chi connectivity index (χ0n) is 15.1. The number of unbranched alkanes of at least 4 members (excludes halogenated alkanes) is 3. The number of thioether (sulfide) groups is 1. The molecule has 0 aliphatic heterocycles. The van der Waals surface area contributed by atoms with E-state index in [1.807, 2.05) is 31.3 Å². The van der Waals surface area contributed by atoms with Crippen LogP contribution in [0.2, 0.25) is 5.02 Å². The smallest absolute Gasteiger partial charge is 0.191 e. The van der Waals surface area contributed by atoms with Gasteiger partial charge in [0.1, 0.15) is 12.2 Å². The third-order valence-electron chi connectivity index (χ3n) is 4.19. The van der Waals surface area contributed by atoms with Crippen molar-refractivity contribution >= 4 is 23.4 Å². The summed E-state index contributed by atoms with van der Waals surface area (Å²) in [6, 6.07) is 7.76. The summed E-state index contributed by atoms with van der Waals surface area (Å²) in [6.45, 7) is 3.13. The Morgan fingerprint density at radius 1 is 1.08 bits per heavy atom. The molecule has 1 aromatic carbocycles. The Labute approximate surface area is 163 Å². The zero-order valence-corrected chi connectivity index (χ0v) is 16.7. The summed E-state index contributed by atoms with van der Waals surface area (Å²) >= 11 is 7.66. The number of benzene rings is 1. The largest absolute Gasteiger partial charge is 0.302 e. The van der Waals surface area contributed by atoms with Crippen LogP contribution in [0.4, 0.5) is 0 Å². The van der Waals surface area contributed by atoms with Crippen molar-refractivity contribution in [2.45, 2.75) is 50.1 Å². The van der Waals surface area contributed by atoms with E-state index < -0.39 is 0 Å². The van der Waals surface area contributed by atoms with Crippen molar-refractivity contribution in [3.8, 4) is 11.4 Å². The van der Waals surface area contributed by atoms with E-state index >= 15 is 0 Å². The molecule has 0 spiro atoms. The summed E-state index contributed by atoms with van der Waals surface area (Å²) in [4.78, 5) is 4.28. The van der Waals surface area contributed by atoms with E-state index in [-0.39, 0.29) is 0 Å². The van der Waals surface area contributed by atoms with Gasteiger partial charge in [-0.1, -0.05) is 49.5 Å². The van der Waals surface area contributed by atoms with Crippen LogP contribution in [0.3, 0.4) is 0 Å². The molecule has 0 aliphatic carbocycles. The fraction of sp³-hybridized carbons (Fsp3) is 0.444.